The minimum absolute atomic E-state index is 0.0401. The van der Waals surface area contributed by atoms with Crippen LogP contribution in [0.5, 0.6) is 0 Å². The van der Waals surface area contributed by atoms with Crippen LogP contribution in [0, 0.1) is 0 Å². The first-order valence-corrected chi connectivity index (χ1v) is 11.6. The number of allylic oxidation sites excluding steroid dienone is 3. The van der Waals surface area contributed by atoms with Gasteiger partial charge in [-0.1, -0.05) is 12.8 Å². The minimum Gasteiger partial charge on any atom is -0.375 e. The molecule has 2 aromatic rings. The second-order valence-corrected chi connectivity index (χ2v) is 9.14. The molecule has 2 aromatic heterocycles. The summed E-state index contributed by atoms with van der Waals surface area (Å²) < 4.78 is 2.16. The molecule has 2 aliphatic heterocycles. The van der Waals surface area contributed by atoms with Gasteiger partial charge in [-0.2, -0.15) is 4.98 Å². The lowest BCUT2D eigenvalue weighted by molar-refractivity contribution is 0.0876. The zero-order valence-electron chi connectivity index (χ0n) is 18.7. The van der Waals surface area contributed by atoms with Crippen molar-refractivity contribution in [3.8, 4) is 0 Å². The molecule has 0 unspecified atom stereocenters. The Bertz CT molecular complexity index is 1100. The number of nitrogens with zero attached hydrogens (tertiary/aromatic N) is 5. The Balaban J connectivity index is 1.44. The van der Waals surface area contributed by atoms with E-state index in [9.17, 15) is 4.79 Å². The van der Waals surface area contributed by atoms with E-state index in [0.29, 0.717) is 24.0 Å². The highest BCUT2D eigenvalue weighted by Gasteiger charge is 2.42. The summed E-state index contributed by atoms with van der Waals surface area (Å²) in [5.74, 6) is 1.02. The van der Waals surface area contributed by atoms with E-state index in [0.717, 1.165) is 37.0 Å². The van der Waals surface area contributed by atoms with E-state index in [2.05, 4.69) is 49.8 Å². The molecule has 32 heavy (non-hydrogen) atoms. The molecule has 0 aromatic carbocycles. The quantitative estimate of drug-likeness (QED) is 0.553. The SMILES string of the molecule is C=N/C(=C\C=C(/C)N1CCCCC1)Nc1ncc2cc3n(c2n1)C1(CCCC1)CNC3=O. The first kappa shape index (κ1) is 20.7. The van der Waals surface area contributed by atoms with Gasteiger partial charge in [0.15, 0.2) is 0 Å². The predicted octanol–water partition coefficient (Wildman–Crippen LogP) is 3.79. The van der Waals surface area contributed by atoms with Gasteiger partial charge in [-0.3, -0.25) is 4.79 Å². The number of hydrogen-bond acceptors (Lipinski definition) is 6. The van der Waals surface area contributed by atoms with Crippen molar-refractivity contribution in [3.05, 3.63) is 41.6 Å². The van der Waals surface area contributed by atoms with Crippen molar-refractivity contribution in [2.24, 2.45) is 4.99 Å². The van der Waals surface area contributed by atoms with E-state index < -0.39 is 0 Å². The average Bonchev–Trinajstić information content (AvgIpc) is 3.45. The molecular formula is C24H31N7O. The minimum atomic E-state index is -0.0831. The molecule has 0 bridgehead atoms. The summed E-state index contributed by atoms with van der Waals surface area (Å²) in [6, 6.07) is 1.90. The Morgan fingerprint density at radius 3 is 2.75 bits per heavy atom. The van der Waals surface area contributed by atoms with E-state index >= 15 is 0 Å². The van der Waals surface area contributed by atoms with Gasteiger partial charge in [-0.15, -0.1) is 0 Å². The fourth-order valence-electron chi connectivity index (χ4n) is 5.34. The van der Waals surface area contributed by atoms with Crippen molar-refractivity contribution in [3.63, 3.8) is 0 Å². The molecule has 1 spiro atoms. The van der Waals surface area contributed by atoms with E-state index in [1.807, 2.05) is 12.1 Å². The molecule has 168 valence electrons. The van der Waals surface area contributed by atoms with Crippen molar-refractivity contribution in [2.75, 3.05) is 25.0 Å². The Kier molecular flexibility index (Phi) is 5.45. The zero-order valence-corrected chi connectivity index (χ0v) is 18.7. The number of aliphatic imine (C=N–C) groups is 1. The van der Waals surface area contributed by atoms with Crippen LogP contribution in [0.1, 0.15) is 62.4 Å². The number of likely N-dealkylation sites (tertiary alicyclic amines) is 1. The topological polar surface area (TPSA) is 87.4 Å². The predicted molar refractivity (Wildman–Crippen MR) is 127 cm³/mol. The molecule has 1 aliphatic carbocycles. The molecule has 5 rings (SSSR count). The third-order valence-corrected chi connectivity index (χ3v) is 7.11. The van der Waals surface area contributed by atoms with Crippen molar-refractivity contribution < 1.29 is 4.79 Å². The van der Waals surface area contributed by atoms with E-state index in [-0.39, 0.29) is 11.4 Å². The van der Waals surface area contributed by atoms with Crippen LogP contribution in [-0.4, -0.2) is 51.7 Å². The van der Waals surface area contributed by atoms with Crippen LogP contribution in [0.3, 0.4) is 0 Å². The summed E-state index contributed by atoms with van der Waals surface area (Å²) in [5, 5.41) is 7.16. The van der Waals surface area contributed by atoms with Crippen LogP contribution >= 0.6 is 0 Å². The number of piperidine rings is 1. The fourth-order valence-corrected chi connectivity index (χ4v) is 5.34. The molecule has 8 heteroatoms. The number of carbonyl (C=O) groups excluding carboxylic acids is 1. The van der Waals surface area contributed by atoms with Crippen LogP contribution in [0.4, 0.5) is 5.95 Å². The van der Waals surface area contributed by atoms with Crippen LogP contribution < -0.4 is 10.6 Å². The number of anilines is 1. The van der Waals surface area contributed by atoms with Gasteiger partial charge < -0.3 is 20.1 Å². The summed E-state index contributed by atoms with van der Waals surface area (Å²) in [5.41, 5.74) is 2.62. The van der Waals surface area contributed by atoms with E-state index in [4.69, 9.17) is 4.98 Å². The number of nitrogens with one attached hydrogen (secondary N) is 2. The number of aromatic nitrogens is 3. The molecule has 8 nitrogen and oxygen atoms in total. The molecule has 1 amide bonds. The number of carbonyl (C=O) groups is 1. The third-order valence-electron chi connectivity index (χ3n) is 7.11. The Morgan fingerprint density at radius 1 is 1.22 bits per heavy atom. The smallest absolute Gasteiger partial charge is 0.268 e. The van der Waals surface area contributed by atoms with Gasteiger partial charge in [0.1, 0.15) is 17.2 Å². The summed E-state index contributed by atoms with van der Waals surface area (Å²) >= 11 is 0. The molecule has 0 radical (unpaired) electrons. The lowest BCUT2D eigenvalue weighted by Gasteiger charge is -2.37. The van der Waals surface area contributed by atoms with Gasteiger partial charge in [0, 0.05) is 36.9 Å². The summed E-state index contributed by atoms with van der Waals surface area (Å²) in [6.07, 6.45) is 14.0. The molecule has 2 N–H and O–H groups in total. The summed E-state index contributed by atoms with van der Waals surface area (Å²) in [7, 11) is 0. The standard InChI is InChI=1S/C24H31N7O/c1-17(30-12-6-3-7-13-30)8-9-20(25-2)28-23-26-15-18-14-19-22(32)27-16-24(10-4-5-11-24)31(19)21(18)29-23/h8-9,14-15H,2-7,10-13,16H2,1H3,(H,27,32)(H,26,28,29)/b17-8+,20-9+. The third kappa shape index (κ3) is 3.67. The lowest BCUT2D eigenvalue weighted by Crippen LogP contribution is -2.50. The molecule has 3 aliphatic rings. The summed E-state index contributed by atoms with van der Waals surface area (Å²) in [4.78, 5) is 28.4. The van der Waals surface area contributed by atoms with Crippen LogP contribution in [0.25, 0.3) is 11.0 Å². The maximum absolute atomic E-state index is 12.5. The highest BCUT2D eigenvalue weighted by atomic mass is 16.2. The van der Waals surface area contributed by atoms with Crippen molar-refractivity contribution >= 4 is 29.6 Å². The van der Waals surface area contributed by atoms with Crippen LogP contribution in [0.15, 0.2) is 40.9 Å². The van der Waals surface area contributed by atoms with Crippen molar-refractivity contribution in [1.29, 1.82) is 0 Å². The second kappa shape index (κ2) is 8.41. The molecular weight excluding hydrogens is 402 g/mol. The molecule has 0 atom stereocenters. The zero-order chi connectivity index (χ0) is 22.1. The first-order valence-electron chi connectivity index (χ1n) is 11.6. The first-order chi connectivity index (χ1) is 15.6. The number of rotatable bonds is 5. The van der Waals surface area contributed by atoms with E-state index in [1.54, 1.807) is 6.20 Å². The van der Waals surface area contributed by atoms with Crippen LogP contribution in [0.2, 0.25) is 0 Å². The molecule has 2 fully saturated rings. The average molecular weight is 434 g/mol. The van der Waals surface area contributed by atoms with Crippen LogP contribution in [-0.2, 0) is 5.54 Å². The molecule has 1 saturated carbocycles. The lowest BCUT2D eigenvalue weighted by atomic mass is 9.94. The fraction of sp³-hybridized carbons (Fsp3) is 0.500. The van der Waals surface area contributed by atoms with Crippen molar-refractivity contribution in [1.82, 2.24) is 24.8 Å². The van der Waals surface area contributed by atoms with Gasteiger partial charge in [0.05, 0.1) is 5.54 Å². The largest absolute Gasteiger partial charge is 0.375 e. The Labute approximate surface area is 188 Å². The number of hydrogen-bond donors (Lipinski definition) is 2. The molecule has 1 saturated heterocycles. The van der Waals surface area contributed by atoms with Gasteiger partial charge >= 0.3 is 0 Å². The van der Waals surface area contributed by atoms with E-state index in [1.165, 1.54) is 37.8 Å². The van der Waals surface area contributed by atoms with Gasteiger partial charge in [0.2, 0.25) is 5.95 Å². The number of fused-ring (bicyclic) bond motifs is 4. The van der Waals surface area contributed by atoms with Gasteiger partial charge in [-0.25, -0.2) is 9.98 Å². The number of amides is 1. The summed E-state index contributed by atoms with van der Waals surface area (Å²) in [6.45, 7) is 8.70. The van der Waals surface area contributed by atoms with Crippen molar-refractivity contribution in [2.45, 2.75) is 57.4 Å². The highest BCUT2D eigenvalue weighted by molar-refractivity contribution is 5.99. The maximum atomic E-state index is 12.5. The van der Waals surface area contributed by atoms with Gasteiger partial charge in [-0.05, 0) is 64.0 Å². The normalized spacial score (nSPS) is 21.0. The maximum Gasteiger partial charge on any atom is 0.268 e. The monoisotopic (exact) mass is 433 g/mol. The Morgan fingerprint density at radius 2 is 2.00 bits per heavy atom. The highest BCUT2D eigenvalue weighted by Crippen LogP contribution is 2.41. The Hall–Kier alpha value is -3.16. The van der Waals surface area contributed by atoms with Gasteiger partial charge in [0.25, 0.3) is 5.91 Å². The molecule has 4 heterocycles. The second-order valence-electron chi connectivity index (χ2n) is 9.14.